The minimum atomic E-state index is -0.652. The minimum Gasteiger partial charge on any atom is -0.454 e. The van der Waals surface area contributed by atoms with Crippen molar-refractivity contribution in [1.29, 1.82) is 0 Å². The third kappa shape index (κ3) is 4.74. The van der Waals surface area contributed by atoms with Gasteiger partial charge < -0.3 is 4.74 Å². The number of carbonyl (C=O) groups excluding carboxylic acids is 2. The van der Waals surface area contributed by atoms with Crippen LogP contribution in [0.3, 0.4) is 0 Å². The Labute approximate surface area is 175 Å². The van der Waals surface area contributed by atoms with Crippen LogP contribution in [0.25, 0.3) is 0 Å². The molecule has 0 atom stereocenters. The highest BCUT2D eigenvalue weighted by Crippen LogP contribution is 2.22. The number of carbonyl (C=O) groups is 2. The number of esters is 1. The molecule has 1 aromatic heterocycles. The van der Waals surface area contributed by atoms with E-state index in [4.69, 9.17) is 16.3 Å². The van der Waals surface area contributed by atoms with Crippen molar-refractivity contribution in [3.63, 3.8) is 0 Å². The molecule has 29 heavy (non-hydrogen) atoms. The summed E-state index contributed by atoms with van der Waals surface area (Å²) >= 11 is 6.40. The topological polar surface area (TPSA) is 61.2 Å². The van der Waals surface area contributed by atoms with Crippen molar-refractivity contribution in [2.24, 2.45) is 0 Å². The number of aromatic nitrogens is 2. The predicted molar refractivity (Wildman–Crippen MR) is 113 cm³/mol. The number of hydrogen-bond acceptors (Lipinski definition) is 4. The molecule has 0 fully saturated rings. The Morgan fingerprint density at radius 3 is 2.31 bits per heavy atom. The molecule has 0 aliphatic carbocycles. The lowest BCUT2D eigenvalue weighted by Crippen LogP contribution is -2.16. The van der Waals surface area contributed by atoms with E-state index in [1.54, 1.807) is 17.7 Å². The zero-order chi connectivity index (χ0) is 21.1. The second-order valence-electron chi connectivity index (χ2n) is 7.21. The Morgan fingerprint density at radius 1 is 1.00 bits per heavy atom. The molecule has 0 aliphatic rings. The summed E-state index contributed by atoms with van der Waals surface area (Å²) < 4.78 is 6.80. The third-order valence-electron chi connectivity index (χ3n) is 4.74. The standard InChI is InChI=1S/C23H23ClN2O3/c1-14-5-8-18(9-6-14)12-26-22(24)21(17(4)25-26)23(28)29-13-20(27)19-10-7-15(2)11-16(19)3/h5-11H,12-13H2,1-4H3. The number of nitrogens with zero attached hydrogens (tertiary/aromatic N) is 2. The maximum absolute atomic E-state index is 12.6. The summed E-state index contributed by atoms with van der Waals surface area (Å²) in [7, 11) is 0. The molecule has 1 heterocycles. The van der Waals surface area contributed by atoms with Crippen LogP contribution in [0, 0.1) is 27.7 Å². The number of halogens is 1. The molecule has 6 heteroatoms. The summed E-state index contributed by atoms with van der Waals surface area (Å²) in [5, 5.41) is 4.56. The van der Waals surface area contributed by atoms with Crippen molar-refractivity contribution in [3.8, 4) is 0 Å². The Morgan fingerprint density at radius 2 is 1.66 bits per heavy atom. The molecule has 3 rings (SSSR count). The van der Waals surface area contributed by atoms with Crippen molar-refractivity contribution in [2.75, 3.05) is 6.61 Å². The number of rotatable bonds is 6. The first-order valence-electron chi connectivity index (χ1n) is 9.32. The summed E-state index contributed by atoms with van der Waals surface area (Å²) in [5.41, 5.74) is 5.30. The number of hydrogen-bond donors (Lipinski definition) is 0. The molecule has 2 aromatic carbocycles. The number of Topliss-reactive ketones (excluding diaryl/α,β-unsaturated/α-hetero) is 1. The first kappa shape index (κ1) is 20.8. The fraction of sp³-hybridized carbons (Fsp3) is 0.261. The molecule has 0 aliphatic heterocycles. The van der Waals surface area contributed by atoms with Crippen molar-refractivity contribution >= 4 is 23.4 Å². The van der Waals surface area contributed by atoms with Crippen LogP contribution >= 0.6 is 11.6 Å². The Balaban J connectivity index is 1.71. The van der Waals surface area contributed by atoms with Crippen molar-refractivity contribution < 1.29 is 14.3 Å². The molecule has 0 spiro atoms. The summed E-state index contributed by atoms with van der Waals surface area (Å²) in [4.78, 5) is 25.0. The van der Waals surface area contributed by atoms with E-state index in [-0.39, 0.29) is 23.1 Å². The van der Waals surface area contributed by atoms with Crippen molar-refractivity contribution in [3.05, 3.63) is 86.7 Å². The Hall–Kier alpha value is -2.92. The molecule has 0 N–H and O–H groups in total. The van der Waals surface area contributed by atoms with E-state index < -0.39 is 5.97 Å². The number of ketones is 1. The number of aryl methyl sites for hydroxylation is 4. The van der Waals surface area contributed by atoms with Gasteiger partial charge in [0.05, 0.1) is 12.2 Å². The van der Waals surface area contributed by atoms with Gasteiger partial charge in [-0.15, -0.1) is 0 Å². The first-order valence-corrected chi connectivity index (χ1v) is 9.70. The van der Waals surface area contributed by atoms with Gasteiger partial charge in [-0.3, -0.25) is 4.79 Å². The molecule has 0 amide bonds. The molecule has 0 bridgehead atoms. The summed E-state index contributed by atoms with van der Waals surface area (Å²) in [6, 6.07) is 13.5. The van der Waals surface area contributed by atoms with E-state index >= 15 is 0 Å². The normalized spacial score (nSPS) is 10.8. The highest BCUT2D eigenvalue weighted by atomic mass is 35.5. The fourth-order valence-corrected chi connectivity index (χ4v) is 3.48. The van der Waals surface area contributed by atoms with E-state index in [0.29, 0.717) is 17.8 Å². The predicted octanol–water partition coefficient (Wildman–Crippen LogP) is 4.86. The molecular formula is C23H23ClN2O3. The molecule has 0 unspecified atom stereocenters. The van der Waals surface area contributed by atoms with Gasteiger partial charge in [-0.1, -0.05) is 65.2 Å². The van der Waals surface area contributed by atoms with Gasteiger partial charge in [0.1, 0.15) is 10.7 Å². The summed E-state index contributed by atoms with van der Waals surface area (Å²) in [6.45, 7) is 7.62. The van der Waals surface area contributed by atoms with Crippen LogP contribution in [0.15, 0.2) is 42.5 Å². The third-order valence-corrected chi connectivity index (χ3v) is 5.12. The molecule has 0 saturated carbocycles. The van der Waals surface area contributed by atoms with Crippen LogP contribution in [0.4, 0.5) is 0 Å². The molecule has 0 radical (unpaired) electrons. The molecule has 5 nitrogen and oxygen atoms in total. The van der Waals surface area contributed by atoms with Gasteiger partial charge in [0, 0.05) is 5.56 Å². The zero-order valence-corrected chi connectivity index (χ0v) is 17.7. The monoisotopic (exact) mass is 410 g/mol. The van der Waals surface area contributed by atoms with Crippen molar-refractivity contribution in [1.82, 2.24) is 9.78 Å². The molecule has 0 saturated heterocycles. The highest BCUT2D eigenvalue weighted by molar-refractivity contribution is 6.32. The van der Waals surface area contributed by atoms with Crippen LogP contribution in [-0.2, 0) is 11.3 Å². The van der Waals surface area contributed by atoms with Gasteiger partial charge in [0.25, 0.3) is 0 Å². The number of ether oxygens (including phenoxy) is 1. The van der Waals surface area contributed by atoms with E-state index in [0.717, 1.165) is 22.3 Å². The van der Waals surface area contributed by atoms with Gasteiger partial charge in [-0.2, -0.15) is 5.10 Å². The lowest BCUT2D eigenvalue weighted by Gasteiger charge is -2.08. The Bertz CT molecular complexity index is 1070. The largest absolute Gasteiger partial charge is 0.454 e. The average molecular weight is 411 g/mol. The molecular weight excluding hydrogens is 388 g/mol. The van der Waals surface area contributed by atoms with Crippen LogP contribution in [-0.4, -0.2) is 28.1 Å². The second kappa shape index (κ2) is 8.62. The molecule has 150 valence electrons. The summed E-state index contributed by atoms with van der Waals surface area (Å²) in [6.07, 6.45) is 0. The highest BCUT2D eigenvalue weighted by Gasteiger charge is 2.23. The van der Waals surface area contributed by atoms with Gasteiger partial charge in [-0.25, -0.2) is 9.48 Å². The van der Waals surface area contributed by atoms with Crippen LogP contribution in [0.5, 0.6) is 0 Å². The van der Waals surface area contributed by atoms with Crippen LogP contribution in [0.2, 0.25) is 5.15 Å². The van der Waals surface area contributed by atoms with Crippen molar-refractivity contribution in [2.45, 2.75) is 34.2 Å². The van der Waals surface area contributed by atoms with Gasteiger partial charge >= 0.3 is 5.97 Å². The van der Waals surface area contributed by atoms with Gasteiger partial charge in [-0.05, 0) is 38.8 Å². The van der Waals surface area contributed by atoms with E-state index in [2.05, 4.69) is 5.10 Å². The quantitative estimate of drug-likeness (QED) is 0.430. The lowest BCUT2D eigenvalue weighted by molar-refractivity contribution is 0.0474. The van der Waals surface area contributed by atoms with E-state index in [1.165, 1.54) is 0 Å². The first-order chi connectivity index (χ1) is 13.8. The minimum absolute atomic E-state index is 0.187. The maximum Gasteiger partial charge on any atom is 0.343 e. The van der Waals surface area contributed by atoms with Gasteiger partial charge in [0.2, 0.25) is 5.78 Å². The molecule has 3 aromatic rings. The average Bonchev–Trinajstić information content (AvgIpc) is 2.94. The van der Waals surface area contributed by atoms with Gasteiger partial charge in [0.15, 0.2) is 6.61 Å². The van der Waals surface area contributed by atoms with E-state index in [9.17, 15) is 9.59 Å². The summed E-state index contributed by atoms with van der Waals surface area (Å²) in [5.74, 6) is -0.905. The SMILES string of the molecule is Cc1ccc(Cn2nc(C)c(C(=O)OCC(=O)c3ccc(C)cc3C)c2Cl)cc1. The lowest BCUT2D eigenvalue weighted by atomic mass is 10.0. The smallest absolute Gasteiger partial charge is 0.343 e. The number of benzene rings is 2. The second-order valence-corrected chi connectivity index (χ2v) is 7.57. The Kier molecular flexibility index (Phi) is 6.18. The fourth-order valence-electron chi connectivity index (χ4n) is 3.16. The van der Waals surface area contributed by atoms with E-state index in [1.807, 2.05) is 57.2 Å². The maximum atomic E-state index is 12.6. The van der Waals surface area contributed by atoms with Crippen LogP contribution < -0.4 is 0 Å². The zero-order valence-electron chi connectivity index (χ0n) is 17.0. The van der Waals surface area contributed by atoms with Crippen LogP contribution in [0.1, 0.15) is 48.7 Å².